The number of urea groups is 1. The molecule has 0 aromatic carbocycles. The predicted molar refractivity (Wildman–Crippen MR) is 76.0 cm³/mol. The summed E-state index contributed by atoms with van der Waals surface area (Å²) in [5.41, 5.74) is -0.688. The Hall–Kier alpha value is -1.30. The summed E-state index contributed by atoms with van der Waals surface area (Å²) >= 11 is 0. The van der Waals surface area contributed by atoms with Gasteiger partial charge in [-0.15, -0.1) is 0 Å². The van der Waals surface area contributed by atoms with Crippen molar-refractivity contribution in [1.82, 2.24) is 9.80 Å². The van der Waals surface area contributed by atoms with Gasteiger partial charge in [-0.05, 0) is 31.6 Å². The Balaban J connectivity index is 1.68. The van der Waals surface area contributed by atoms with E-state index in [4.69, 9.17) is 4.74 Å². The van der Waals surface area contributed by atoms with E-state index >= 15 is 0 Å². The molecule has 0 spiro atoms. The van der Waals surface area contributed by atoms with Gasteiger partial charge in [-0.25, -0.2) is 4.79 Å². The van der Waals surface area contributed by atoms with Crippen LogP contribution in [0.1, 0.15) is 32.1 Å². The Morgan fingerprint density at radius 3 is 2.62 bits per heavy atom. The second-order valence-corrected chi connectivity index (χ2v) is 6.67. The van der Waals surface area contributed by atoms with Crippen LogP contribution in [-0.4, -0.2) is 66.3 Å². The molecule has 0 unspecified atom stereocenters. The summed E-state index contributed by atoms with van der Waals surface area (Å²) in [5, 5.41) is 9.59. The van der Waals surface area contributed by atoms with Crippen LogP contribution in [0.3, 0.4) is 0 Å². The van der Waals surface area contributed by atoms with E-state index < -0.39 is 11.4 Å². The van der Waals surface area contributed by atoms with Gasteiger partial charge in [0.25, 0.3) is 0 Å². The van der Waals surface area contributed by atoms with Gasteiger partial charge in [-0.1, -0.05) is 6.42 Å². The molecule has 2 aliphatic heterocycles. The summed E-state index contributed by atoms with van der Waals surface area (Å²) in [4.78, 5) is 27.9. The van der Waals surface area contributed by atoms with Gasteiger partial charge in [0.2, 0.25) is 0 Å². The predicted octanol–water partition coefficient (Wildman–Crippen LogP) is 1.40. The lowest BCUT2D eigenvalue weighted by Crippen LogP contribution is -2.48. The fraction of sp³-hybridized carbons (Fsp3) is 0.867. The fourth-order valence-corrected chi connectivity index (χ4v) is 4.24. The molecule has 1 aliphatic carbocycles. The van der Waals surface area contributed by atoms with E-state index in [9.17, 15) is 14.7 Å². The summed E-state index contributed by atoms with van der Waals surface area (Å²) < 4.78 is 5.33. The first-order valence-electron chi connectivity index (χ1n) is 7.87. The zero-order valence-corrected chi connectivity index (χ0v) is 12.6. The van der Waals surface area contributed by atoms with Crippen LogP contribution in [0.2, 0.25) is 0 Å². The van der Waals surface area contributed by atoms with Crippen LogP contribution in [-0.2, 0) is 9.53 Å². The van der Waals surface area contributed by atoms with Crippen LogP contribution in [0, 0.1) is 11.3 Å². The van der Waals surface area contributed by atoms with Crippen LogP contribution in [0.25, 0.3) is 0 Å². The first-order chi connectivity index (χ1) is 10.0. The normalized spacial score (nSPS) is 33.0. The molecule has 1 saturated carbocycles. The second kappa shape index (κ2) is 5.48. The standard InChI is InChI=1S/C15H24N2O4/c1-16(12-4-7-21-8-5-12)14(20)17-9-11-3-2-6-15(11,10-17)13(18)19/h11-12H,2-10H2,1H3,(H,18,19)/t11-,15+/m0/s1. The molecule has 3 aliphatic rings. The number of ether oxygens (including phenoxy) is 1. The third kappa shape index (κ3) is 2.39. The molecule has 0 aromatic rings. The number of carboxylic acids is 1. The molecule has 2 heterocycles. The maximum atomic E-state index is 12.7. The van der Waals surface area contributed by atoms with Crippen LogP contribution in [0.4, 0.5) is 4.79 Å². The number of carboxylic acid groups (broad SMARTS) is 1. The highest BCUT2D eigenvalue weighted by Gasteiger charge is 2.56. The summed E-state index contributed by atoms with van der Waals surface area (Å²) in [6.07, 6.45) is 4.33. The number of hydrogen-bond donors (Lipinski definition) is 1. The number of amides is 2. The quantitative estimate of drug-likeness (QED) is 0.836. The van der Waals surface area contributed by atoms with Gasteiger partial charge in [-0.2, -0.15) is 0 Å². The number of fused-ring (bicyclic) bond motifs is 1. The highest BCUT2D eigenvalue weighted by atomic mass is 16.5. The van der Waals surface area contributed by atoms with Crippen molar-refractivity contribution in [2.24, 2.45) is 11.3 Å². The van der Waals surface area contributed by atoms with E-state index in [0.717, 1.165) is 25.7 Å². The minimum Gasteiger partial charge on any atom is -0.481 e. The molecule has 6 nitrogen and oxygen atoms in total. The Bertz CT molecular complexity index is 435. The maximum Gasteiger partial charge on any atom is 0.320 e. The second-order valence-electron chi connectivity index (χ2n) is 6.67. The molecular formula is C15H24N2O4. The van der Waals surface area contributed by atoms with Crippen molar-refractivity contribution in [2.45, 2.75) is 38.1 Å². The molecule has 2 saturated heterocycles. The number of likely N-dealkylation sites (tertiary alicyclic amines) is 1. The van der Waals surface area contributed by atoms with E-state index in [1.54, 1.807) is 9.80 Å². The van der Waals surface area contributed by atoms with Crippen molar-refractivity contribution in [1.29, 1.82) is 0 Å². The van der Waals surface area contributed by atoms with E-state index in [2.05, 4.69) is 0 Å². The molecule has 3 fully saturated rings. The summed E-state index contributed by atoms with van der Waals surface area (Å²) in [6, 6.07) is 0.199. The fourth-order valence-electron chi connectivity index (χ4n) is 4.24. The third-order valence-corrected chi connectivity index (χ3v) is 5.61. The number of carbonyl (C=O) groups is 2. The van der Waals surface area contributed by atoms with Crippen LogP contribution >= 0.6 is 0 Å². The summed E-state index contributed by atoms with van der Waals surface area (Å²) in [5.74, 6) is -0.601. The number of rotatable bonds is 2. The minimum atomic E-state index is -0.728. The first kappa shape index (κ1) is 14.6. The molecule has 6 heteroatoms. The number of aliphatic carboxylic acids is 1. The molecule has 21 heavy (non-hydrogen) atoms. The van der Waals surface area contributed by atoms with Crippen molar-refractivity contribution in [2.75, 3.05) is 33.4 Å². The van der Waals surface area contributed by atoms with Crippen molar-refractivity contribution in [3.63, 3.8) is 0 Å². The number of carbonyl (C=O) groups excluding carboxylic acids is 1. The Kier molecular flexibility index (Phi) is 3.82. The highest BCUT2D eigenvalue weighted by molar-refractivity contribution is 5.80. The SMILES string of the molecule is CN(C(=O)N1C[C@@H]2CCC[C@@]2(C(=O)O)C1)C1CCOCC1. The molecule has 2 atom stereocenters. The van der Waals surface area contributed by atoms with Crippen LogP contribution in [0.15, 0.2) is 0 Å². The average molecular weight is 296 g/mol. The lowest BCUT2D eigenvalue weighted by atomic mass is 9.81. The van der Waals surface area contributed by atoms with Gasteiger partial charge >= 0.3 is 12.0 Å². The van der Waals surface area contributed by atoms with E-state index in [0.29, 0.717) is 32.7 Å². The summed E-state index contributed by atoms with van der Waals surface area (Å²) in [6.45, 7) is 2.37. The molecular weight excluding hydrogens is 272 g/mol. The van der Waals surface area contributed by atoms with Crippen molar-refractivity contribution >= 4 is 12.0 Å². The Morgan fingerprint density at radius 1 is 1.29 bits per heavy atom. The maximum absolute atomic E-state index is 12.7. The zero-order valence-electron chi connectivity index (χ0n) is 12.6. The average Bonchev–Trinajstić information content (AvgIpc) is 3.04. The third-order valence-electron chi connectivity index (χ3n) is 5.61. The molecule has 3 rings (SSSR count). The van der Waals surface area contributed by atoms with E-state index in [1.807, 2.05) is 7.05 Å². The van der Waals surface area contributed by atoms with Crippen molar-refractivity contribution in [3.05, 3.63) is 0 Å². The van der Waals surface area contributed by atoms with Crippen LogP contribution < -0.4 is 0 Å². The molecule has 0 radical (unpaired) electrons. The Labute approximate surface area is 125 Å². The minimum absolute atomic E-state index is 0.0167. The van der Waals surface area contributed by atoms with E-state index in [-0.39, 0.29) is 18.0 Å². The van der Waals surface area contributed by atoms with Gasteiger partial charge in [0.05, 0.1) is 5.41 Å². The topological polar surface area (TPSA) is 70.1 Å². The highest BCUT2D eigenvalue weighted by Crippen LogP contribution is 2.49. The van der Waals surface area contributed by atoms with Crippen molar-refractivity contribution < 1.29 is 19.4 Å². The molecule has 0 bridgehead atoms. The lowest BCUT2D eigenvalue weighted by Gasteiger charge is -2.34. The lowest BCUT2D eigenvalue weighted by molar-refractivity contribution is -0.149. The van der Waals surface area contributed by atoms with Gasteiger partial charge in [-0.3, -0.25) is 4.79 Å². The monoisotopic (exact) mass is 296 g/mol. The molecule has 118 valence electrons. The van der Waals surface area contributed by atoms with Gasteiger partial charge in [0.15, 0.2) is 0 Å². The molecule has 1 N–H and O–H groups in total. The Morgan fingerprint density at radius 2 is 2.00 bits per heavy atom. The smallest absolute Gasteiger partial charge is 0.320 e. The van der Waals surface area contributed by atoms with Crippen molar-refractivity contribution in [3.8, 4) is 0 Å². The number of nitrogens with zero attached hydrogens (tertiary/aromatic N) is 2. The zero-order chi connectivity index (χ0) is 15.0. The van der Waals surface area contributed by atoms with E-state index in [1.165, 1.54) is 0 Å². The summed E-state index contributed by atoms with van der Waals surface area (Å²) in [7, 11) is 1.83. The number of hydrogen-bond acceptors (Lipinski definition) is 3. The largest absolute Gasteiger partial charge is 0.481 e. The van der Waals surface area contributed by atoms with Gasteiger partial charge < -0.3 is 19.6 Å². The first-order valence-corrected chi connectivity index (χ1v) is 7.87. The van der Waals surface area contributed by atoms with Gasteiger partial charge in [0.1, 0.15) is 0 Å². The van der Waals surface area contributed by atoms with Gasteiger partial charge in [0, 0.05) is 39.4 Å². The van der Waals surface area contributed by atoms with Crippen LogP contribution in [0.5, 0.6) is 0 Å². The molecule has 0 aromatic heterocycles. The molecule has 2 amide bonds.